The van der Waals surface area contributed by atoms with E-state index < -0.39 is 0 Å². The molecule has 218 valence electrons. The molecule has 44 heavy (non-hydrogen) atoms. The minimum atomic E-state index is 0.316. The Bertz CT molecular complexity index is 2300. The fourth-order valence-corrected chi connectivity index (χ4v) is 7.21. The summed E-state index contributed by atoms with van der Waals surface area (Å²) in [5.74, 6) is 2.07. The summed E-state index contributed by atoms with van der Waals surface area (Å²) in [7, 11) is 0. The van der Waals surface area contributed by atoms with Gasteiger partial charge in [-0.05, 0) is 50.2 Å². The Hall–Kier alpha value is -4.52. The van der Waals surface area contributed by atoms with Crippen molar-refractivity contribution in [3.8, 4) is 23.0 Å². The molecule has 4 heterocycles. The Kier molecular flexibility index (Phi) is 6.16. The first-order valence-corrected chi connectivity index (χ1v) is 15.8. The maximum absolute atomic E-state index is 7.06. The van der Waals surface area contributed by atoms with Gasteiger partial charge in [-0.2, -0.15) is 0 Å². The summed E-state index contributed by atoms with van der Waals surface area (Å²) in [5.41, 5.74) is 5.61. The average molecular weight is 620 g/mol. The maximum atomic E-state index is 7.06. The number of ether oxygens (including phenoxy) is 2. The minimum absolute atomic E-state index is 0.316. The van der Waals surface area contributed by atoms with Crippen LogP contribution in [-0.4, -0.2) is 9.13 Å². The second kappa shape index (κ2) is 10.0. The molecule has 0 N–H and O–H groups in total. The highest BCUT2D eigenvalue weighted by Gasteiger charge is 2.30. The predicted molar refractivity (Wildman–Crippen MR) is 180 cm³/mol. The highest BCUT2D eigenvalue weighted by atomic mass is 35.5. The van der Waals surface area contributed by atoms with Crippen LogP contribution >= 0.6 is 23.2 Å². The summed E-state index contributed by atoms with van der Waals surface area (Å²) in [6.07, 6.45) is 0. The van der Waals surface area contributed by atoms with Crippen molar-refractivity contribution in [2.45, 2.75) is 40.8 Å². The number of aromatic nitrogens is 2. The monoisotopic (exact) mass is 618 g/mol. The molecule has 0 amide bonds. The van der Waals surface area contributed by atoms with E-state index in [-0.39, 0.29) is 0 Å². The molecule has 2 aliphatic heterocycles. The highest BCUT2D eigenvalue weighted by molar-refractivity contribution is 6.35. The molecule has 8 heteroatoms. The van der Waals surface area contributed by atoms with Gasteiger partial charge in [0.15, 0.2) is 23.0 Å². The topological polar surface area (TPSA) is 53.0 Å². The number of nitrogens with zero attached hydrogens (tertiary/aromatic N) is 4. The van der Waals surface area contributed by atoms with Gasteiger partial charge < -0.3 is 18.6 Å². The summed E-state index contributed by atoms with van der Waals surface area (Å²) in [4.78, 5) is 9.96. The molecule has 0 atom stereocenters. The van der Waals surface area contributed by atoms with Gasteiger partial charge in [-0.3, -0.25) is 0 Å². The van der Waals surface area contributed by atoms with Crippen LogP contribution in [0.15, 0.2) is 82.8 Å². The molecule has 5 aromatic carbocycles. The van der Waals surface area contributed by atoms with E-state index in [1.165, 1.54) is 0 Å². The van der Waals surface area contributed by atoms with Crippen molar-refractivity contribution in [3.63, 3.8) is 0 Å². The minimum Gasteiger partial charge on any atom is -0.449 e. The molecule has 0 bridgehead atoms. The zero-order chi connectivity index (χ0) is 30.3. The third-order valence-electron chi connectivity index (χ3n) is 8.48. The molecular formula is C36H28Cl2N4O2. The molecule has 6 nitrogen and oxygen atoms in total. The third kappa shape index (κ3) is 3.49. The summed E-state index contributed by atoms with van der Waals surface area (Å²) >= 11 is 14.1. The van der Waals surface area contributed by atoms with E-state index in [2.05, 4.69) is 83.6 Å². The smallest absolute Gasteiger partial charge is 0.177 e. The lowest BCUT2D eigenvalue weighted by Gasteiger charge is -2.22. The normalized spacial score (nSPS) is 12.8. The molecule has 0 radical (unpaired) electrons. The molecule has 2 aliphatic rings. The van der Waals surface area contributed by atoms with Crippen LogP contribution in [0.5, 0.6) is 23.0 Å². The van der Waals surface area contributed by atoms with Gasteiger partial charge in [0.1, 0.15) is 32.1 Å². The van der Waals surface area contributed by atoms with Gasteiger partial charge in [-0.15, -0.1) is 0 Å². The van der Waals surface area contributed by atoms with E-state index in [9.17, 15) is 0 Å². The first-order valence-electron chi connectivity index (χ1n) is 15.0. The van der Waals surface area contributed by atoms with Crippen molar-refractivity contribution in [2.24, 2.45) is 9.98 Å². The lowest BCUT2D eigenvalue weighted by Crippen LogP contribution is -2.22. The van der Waals surface area contributed by atoms with Crippen molar-refractivity contribution in [3.05, 3.63) is 93.6 Å². The van der Waals surface area contributed by atoms with Gasteiger partial charge in [0.25, 0.3) is 0 Å². The number of aryl methyl sites for hydroxylation is 2. The summed E-state index contributed by atoms with van der Waals surface area (Å²) < 4.78 is 17.7. The van der Waals surface area contributed by atoms with E-state index in [1.54, 1.807) is 0 Å². The van der Waals surface area contributed by atoms with Crippen molar-refractivity contribution in [2.75, 3.05) is 0 Å². The van der Waals surface area contributed by atoms with Gasteiger partial charge in [0.05, 0.1) is 11.0 Å². The van der Waals surface area contributed by atoms with Gasteiger partial charge >= 0.3 is 0 Å². The van der Waals surface area contributed by atoms with E-state index in [0.717, 1.165) is 56.7 Å². The quantitative estimate of drug-likeness (QED) is 0.193. The molecule has 0 saturated carbocycles. The fourth-order valence-electron chi connectivity index (χ4n) is 6.69. The van der Waals surface area contributed by atoms with E-state index in [4.69, 9.17) is 42.7 Å². The van der Waals surface area contributed by atoms with Crippen LogP contribution in [0.1, 0.15) is 27.7 Å². The average Bonchev–Trinajstić information content (AvgIpc) is 3.59. The Morgan fingerprint density at radius 3 is 1.36 bits per heavy atom. The number of para-hydroxylation sites is 2. The maximum Gasteiger partial charge on any atom is 0.177 e. The first kappa shape index (κ1) is 27.1. The predicted octanol–water partition coefficient (Wildman–Crippen LogP) is 10.4. The van der Waals surface area contributed by atoms with Crippen LogP contribution in [0.2, 0.25) is 10.0 Å². The zero-order valence-corrected chi connectivity index (χ0v) is 26.2. The van der Waals surface area contributed by atoms with Crippen molar-refractivity contribution in [1.29, 1.82) is 0 Å². The Morgan fingerprint density at radius 2 is 0.955 bits per heavy atom. The van der Waals surface area contributed by atoms with E-state index >= 15 is 0 Å². The van der Waals surface area contributed by atoms with E-state index in [1.807, 2.05) is 26.0 Å². The number of fused-ring (bicyclic) bond motifs is 12. The van der Waals surface area contributed by atoms with Crippen molar-refractivity contribution in [1.82, 2.24) is 9.13 Å². The number of hydrogen-bond acceptors (Lipinski definition) is 4. The molecule has 0 saturated heterocycles. The van der Waals surface area contributed by atoms with Gasteiger partial charge in [0, 0.05) is 45.7 Å². The van der Waals surface area contributed by atoms with Crippen LogP contribution in [0.4, 0.5) is 11.4 Å². The SMILES string of the molecule is CC.CCn1c2ccccc2c2ccc3c(c21)Oc1c(Cl)c2c(c(Cl)c1=N3)Oc1c(ccc3c4ccccc4n(CC)c13)N=2. The molecular weight excluding hydrogens is 591 g/mol. The van der Waals surface area contributed by atoms with Gasteiger partial charge in [0.2, 0.25) is 0 Å². The molecule has 0 unspecified atom stereocenters. The van der Waals surface area contributed by atoms with Gasteiger partial charge in [-0.1, -0.05) is 73.4 Å². The third-order valence-corrected chi connectivity index (χ3v) is 9.18. The van der Waals surface area contributed by atoms with Crippen LogP contribution in [0.3, 0.4) is 0 Å². The summed E-state index contributed by atoms with van der Waals surface area (Å²) in [5, 5.41) is 6.04. The van der Waals surface area contributed by atoms with Gasteiger partial charge in [-0.25, -0.2) is 9.98 Å². The Labute approximate surface area is 263 Å². The second-order valence-electron chi connectivity index (χ2n) is 10.6. The molecule has 0 spiro atoms. The molecule has 2 aromatic heterocycles. The first-order chi connectivity index (χ1) is 21.6. The lowest BCUT2D eigenvalue weighted by molar-refractivity contribution is 0.454. The van der Waals surface area contributed by atoms with Crippen LogP contribution in [0, 0.1) is 0 Å². The highest BCUT2D eigenvalue weighted by Crippen LogP contribution is 2.49. The number of hydrogen-bond donors (Lipinski definition) is 0. The number of halogens is 2. The lowest BCUT2D eigenvalue weighted by atomic mass is 10.1. The second-order valence-corrected chi connectivity index (χ2v) is 11.3. The molecule has 9 rings (SSSR count). The number of rotatable bonds is 2. The van der Waals surface area contributed by atoms with Crippen molar-refractivity contribution < 1.29 is 9.47 Å². The van der Waals surface area contributed by atoms with Crippen LogP contribution in [0.25, 0.3) is 43.6 Å². The standard InChI is InChI=1S/C34H22Cl2N4O2.C2H6/c1-3-39-23-11-7-5-9-17(23)19-13-15-21-31(29(19)39)41-33-25(35)28-34(26(36)27(33)37-21)42-32-22(38-28)16-14-20-18-10-6-8-12-24(18)40(4-2)30(20)32;1-2/h5-16H,3-4H2,1-2H3;1-2H3. The van der Waals surface area contributed by atoms with Crippen LogP contribution < -0.4 is 20.2 Å². The summed E-state index contributed by atoms with van der Waals surface area (Å²) in [6, 6.07) is 24.9. The molecule has 7 aromatic rings. The zero-order valence-electron chi connectivity index (χ0n) is 24.7. The van der Waals surface area contributed by atoms with E-state index in [0.29, 0.717) is 55.1 Å². The Morgan fingerprint density at radius 1 is 0.545 bits per heavy atom. The molecule has 0 fully saturated rings. The molecule has 0 aliphatic carbocycles. The Balaban J connectivity index is 0.00000142. The van der Waals surface area contributed by atoms with Crippen molar-refractivity contribution >= 4 is 78.2 Å². The summed E-state index contributed by atoms with van der Waals surface area (Å²) in [6.45, 7) is 9.81. The largest absolute Gasteiger partial charge is 0.449 e. The van der Waals surface area contributed by atoms with Crippen LogP contribution in [-0.2, 0) is 13.1 Å². The fraction of sp³-hybridized carbons (Fsp3) is 0.167. The number of benzene rings is 5.